The van der Waals surface area contributed by atoms with Crippen molar-refractivity contribution in [3.63, 3.8) is 0 Å². The Bertz CT molecular complexity index is 1290. The molecule has 1 saturated heterocycles. The van der Waals surface area contributed by atoms with Crippen molar-refractivity contribution in [3.8, 4) is 0 Å². The fraction of sp³-hybridized carbons (Fsp3) is 0.240. The van der Waals surface area contributed by atoms with E-state index in [1.54, 1.807) is 21.6 Å². The van der Waals surface area contributed by atoms with E-state index in [9.17, 15) is 13.6 Å². The Morgan fingerprint density at radius 2 is 1.78 bits per heavy atom. The number of halogens is 2. The number of para-hydroxylation sites is 1. The van der Waals surface area contributed by atoms with Crippen LogP contribution >= 0.6 is 0 Å². The van der Waals surface area contributed by atoms with Crippen molar-refractivity contribution in [2.45, 2.75) is 13.5 Å². The van der Waals surface area contributed by atoms with Gasteiger partial charge in [-0.1, -0.05) is 30.3 Å². The lowest BCUT2D eigenvalue weighted by molar-refractivity contribution is 0.0736. The predicted octanol–water partition coefficient (Wildman–Crippen LogP) is 4.83. The summed E-state index contributed by atoms with van der Waals surface area (Å²) < 4.78 is 35.3. The normalized spacial score (nSPS) is 14.3. The molecular formula is C25H23F2N3O2. The molecule has 0 unspecified atom stereocenters. The Balaban J connectivity index is 1.40. The third kappa shape index (κ3) is 3.53. The van der Waals surface area contributed by atoms with Gasteiger partial charge in [0.1, 0.15) is 5.69 Å². The molecule has 1 amide bonds. The number of hydrogen-bond donors (Lipinski definition) is 0. The van der Waals surface area contributed by atoms with Crippen LogP contribution in [0.1, 0.15) is 21.6 Å². The molecule has 1 aliphatic rings. The lowest BCUT2D eigenvalue weighted by Gasteiger charge is -2.37. The molecule has 0 bridgehead atoms. The van der Waals surface area contributed by atoms with Gasteiger partial charge in [0, 0.05) is 49.6 Å². The summed E-state index contributed by atoms with van der Waals surface area (Å²) in [4.78, 5) is 17.5. The van der Waals surface area contributed by atoms with Crippen molar-refractivity contribution in [1.29, 1.82) is 0 Å². The second-order valence-corrected chi connectivity index (χ2v) is 8.06. The number of carbonyl (C=O) groups is 1. The molecule has 0 N–H and O–H groups in total. The van der Waals surface area contributed by atoms with Gasteiger partial charge < -0.3 is 18.8 Å². The predicted molar refractivity (Wildman–Crippen MR) is 119 cm³/mol. The van der Waals surface area contributed by atoms with Crippen molar-refractivity contribution in [2.75, 3.05) is 31.1 Å². The van der Waals surface area contributed by atoms with Crippen LogP contribution in [0.15, 0.2) is 65.3 Å². The Kier molecular flexibility index (Phi) is 5.17. The van der Waals surface area contributed by atoms with E-state index >= 15 is 0 Å². The van der Waals surface area contributed by atoms with Crippen molar-refractivity contribution < 1.29 is 18.0 Å². The smallest absolute Gasteiger partial charge is 0.270 e. The van der Waals surface area contributed by atoms with Crippen LogP contribution in [0.5, 0.6) is 0 Å². The van der Waals surface area contributed by atoms with E-state index in [4.69, 9.17) is 4.42 Å². The third-order valence-corrected chi connectivity index (χ3v) is 6.12. The van der Waals surface area contributed by atoms with E-state index in [2.05, 4.69) is 24.0 Å². The minimum absolute atomic E-state index is 0.0386. The van der Waals surface area contributed by atoms with Crippen LogP contribution in [0.2, 0.25) is 0 Å². The highest BCUT2D eigenvalue weighted by molar-refractivity contribution is 5.97. The van der Waals surface area contributed by atoms with Crippen molar-refractivity contribution >= 4 is 22.7 Å². The maximum Gasteiger partial charge on any atom is 0.270 e. The number of anilines is 1. The van der Waals surface area contributed by atoms with Crippen molar-refractivity contribution in [3.05, 3.63) is 89.3 Å². The minimum Gasteiger partial charge on any atom is -0.463 e. The van der Waals surface area contributed by atoms with E-state index in [1.807, 2.05) is 12.1 Å². The summed E-state index contributed by atoms with van der Waals surface area (Å²) in [7, 11) is 0. The number of aromatic nitrogens is 1. The van der Waals surface area contributed by atoms with Gasteiger partial charge in [-0.2, -0.15) is 0 Å². The molecule has 1 aliphatic heterocycles. The minimum atomic E-state index is -0.904. The quantitative estimate of drug-likeness (QED) is 0.461. The molecule has 0 aliphatic carbocycles. The molecule has 7 heteroatoms. The van der Waals surface area contributed by atoms with Gasteiger partial charge in [-0.15, -0.1) is 0 Å². The van der Waals surface area contributed by atoms with Crippen LogP contribution in [0.4, 0.5) is 14.5 Å². The average molecular weight is 435 g/mol. The van der Waals surface area contributed by atoms with E-state index in [1.165, 1.54) is 29.6 Å². The summed E-state index contributed by atoms with van der Waals surface area (Å²) in [5, 5.41) is 0. The van der Waals surface area contributed by atoms with Gasteiger partial charge in [0.15, 0.2) is 17.2 Å². The number of nitrogens with zero attached hydrogens (tertiary/aromatic N) is 3. The maximum atomic E-state index is 14.3. The third-order valence-electron chi connectivity index (χ3n) is 6.12. The molecule has 3 heterocycles. The molecule has 0 spiro atoms. The Labute approximate surface area is 184 Å². The van der Waals surface area contributed by atoms with E-state index < -0.39 is 11.6 Å². The molecule has 164 valence electrons. The highest BCUT2D eigenvalue weighted by atomic mass is 19.2. The number of carbonyl (C=O) groups excluding carboxylic acids is 1. The number of fused-ring (bicyclic) bond motifs is 1. The summed E-state index contributed by atoms with van der Waals surface area (Å²) in [5.74, 6) is -1.95. The van der Waals surface area contributed by atoms with Gasteiger partial charge in [0.25, 0.3) is 5.91 Å². The zero-order valence-electron chi connectivity index (χ0n) is 17.7. The number of piperazine rings is 1. The summed E-state index contributed by atoms with van der Waals surface area (Å²) in [6, 6.07) is 15.7. The molecule has 2 aromatic carbocycles. The molecule has 0 saturated carbocycles. The van der Waals surface area contributed by atoms with Gasteiger partial charge >= 0.3 is 0 Å². The van der Waals surface area contributed by atoms with Crippen LogP contribution in [0.25, 0.3) is 11.1 Å². The van der Waals surface area contributed by atoms with Gasteiger partial charge in [0.05, 0.1) is 18.3 Å². The fourth-order valence-electron chi connectivity index (χ4n) is 4.40. The molecule has 0 atom stereocenters. The summed E-state index contributed by atoms with van der Waals surface area (Å²) in [6.07, 6.45) is 1.53. The summed E-state index contributed by atoms with van der Waals surface area (Å²) in [6.45, 7) is 4.73. The average Bonchev–Trinajstić information content (AvgIpc) is 3.39. The van der Waals surface area contributed by atoms with Gasteiger partial charge in [-0.3, -0.25) is 4.79 Å². The van der Waals surface area contributed by atoms with E-state index in [-0.39, 0.29) is 18.0 Å². The molecular weight excluding hydrogens is 412 g/mol. The highest BCUT2D eigenvalue weighted by Crippen LogP contribution is 2.26. The number of amides is 1. The summed E-state index contributed by atoms with van der Waals surface area (Å²) in [5.41, 5.74) is 4.20. The number of furan rings is 1. The van der Waals surface area contributed by atoms with Gasteiger partial charge in [0.2, 0.25) is 0 Å². The first-order valence-corrected chi connectivity index (χ1v) is 10.6. The Morgan fingerprint density at radius 3 is 2.56 bits per heavy atom. The lowest BCUT2D eigenvalue weighted by Crippen LogP contribution is -2.49. The fourth-order valence-corrected chi connectivity index (χ4v) is 4.40. The van der Waals surface area contributed by atoms with Crippen LogP contribution in [0, 0.1) is 18.6 Å². The maximum absolute atomic E-state index is 14.3. The van der Waals surface area contributed by atoms with Gasteiger partial charge in [-0.05, 0) is 24.6 Å². The standard InChI is InChI=1S/C25H23F2N3O2/c1-17-5-2-3-8-20(17)28-10-12-29(13-11-28)25(31)22-15-23-21(9-14-32-23)30(22)16-18-6-4-7-19(26)24(18)27/h2-9,14-15H,10-13,16H2,1H3. The molecule has 4 aromatic rings. The second kappa shape index (κ2) is 8.15. The number of hydrogen-bond acceptors (Lipinski definition) is 3. The van der Waals surface area contributed by atoms with Gasteiger partial charge in [-0.25, -0.2) is 8.78 Å². The zero-order valence-corrected chi connectivity index (χ0v) is 17.7. The monoisotopic (exact) mass is 435 g/mol. The van der Waals surface area contributed by atoms with Crippen LogP contribution in [-0.2, 0) is 6.54 Å². The number of rotatable bonds is 4. The topological polar surface area (TPSA) is 41.6 Å². The van der Waals surface area contributed by atoms with Crippen LogP contribution < -0.4 is 4.90 Å². The largest absolute Gasteiger partial charge is 0.463 e. The molecule has 1 fully saturated rings. The zero-order chi connectivity index (χ0) is 22.2. The highest BCUT2D eigenvalue weighted by Gasteiger charge is 2.27. The molecule has 32 heavy (non-hydrogen) atoms. The van der Waals surface area contributed by atoms with Crippen LogP contribution in [-0.4, -0.2) is 41.6 Å². The molecule has 5 rings (SSSR count). The first kappa shape index (κ1) is 20.3. The van der Waals surface area contributed by atoms with E-state index in [0.717, 1.165) is 19.2 Å². The Morgan fingerprint density at radius 1 is 1.00 bits per heavy atom. The summed E-state index contributed by atoms with van der Waals surface area (Å²) >= 11 is 0. The second-order valence-electron chi connectivity index (χ2n) is 8.06. The molecule has 2 aromatic heterocycles. The lowest BCUT2D eigenvalue weighted by atomic mass is 10.1. The SMILES string of the molecule is Cc1ccccc1N1CCN(C(=O)c2cc3occc3n2Cc2cccc(F)c2F)CC1. The van der Waals surface area contributed by atoms with Crippen molar-refractivity contribution in [1.82, 2.24) is 9.47 Å². The molecule has 0 radical (unpaired) electrons. The van der Waals surface area contributed by atoms with Crippen molar-refractivity contribution in [2.24, 2.45) is 0 Å². The first-order chi connectivity index (χ1) is 15.5. The van der Waals surface area contributed by atoms with Crippen LogP contribution in [0.3, 0.4) is 0 Å². The Hall–Kier alpha value is -3.61. The first-order valence-electron chi connectivity index (χ1n) is 10.6. The molecule has 5 nitrogen and oxygen atoms in total. The number of aryl methyl sites for hydroxylation is 1. The van der Waals surface area contributed by atoms with E-state index in [0.29, 0.717) is 29.9 Å². The number of benzene rings is 2.